The van der Waals surface area contributed by atoms with Gasteiger partial charge in [0.15, 0.2) is 0 Å². The number of fused-ring (bicyclic) bond motifs is 1. The molecule has 172 valence electrons. The molecule has 0 bridgehead atoms. The summed E-state index contributed by atoms with van der Waals surface area (Å²) < 4.78 is 34.1. The molecule has 6 nitrogen and oxygen atoms in total. The van der Waals surface area contributed by atoms with Crippen LogP contribution in [-0.4, -0.2) is 36.8 Å². The molecule has 2 aliphatic rings. The van der Waals surface area contributed by atoms with E-state index in [9.17, 15) is 13.2 Å². The topological polar surface area (TPSA) is 75.7 Å². The lowest BCUT2D eigenvalue weighted by Crippen LogP contribution is -2.50. The highest BCUT2D eigenvalue weighted by Gasteiger charge is 2.43. The largest absolute Gasteiger partial charge is 0.487 e. The lowest BCUT2D eigenvalue weighted by Gasteiger charge is -2.42. The van der Waals surface area contributed by atoms with Crippen LogP contribution in [0.1, 0.15) is 57.6 Å². The van der Waals surface area contributed by atoms with Crippen molar-refractivity contribution in [1.29, 1.82) is 0 Å². The third kappa shape index (κ3) is 4.26. The van der Waals surface area contributed by atoms with Crippen molar-refractivity contribution in [2.45, 2.75) is 68.5 Å². The van der Waals surface area contributed by atoms with E-state index < -0.39 is 16.1 Å². The molecule has 4 rings (SSSR count). The highest BCUT2D eigenvalue weighted by molar-refractivity contribution is 7.89. The van der Waals surface area contributed by atoms with Gasteiger partial charge < -0.3 is 10.1 Å². The van der Waals surface area contributed by atoms with Crippen LogP contribution in [0.3, 0.4) is 0 Å². The van der Waals surface area contributed by atoms with Crippen molar-refractivity contribution in [2.75, 3.05) is 6.54 Å². The lowest BCUT2D eigenvalue weighted by atomic mass is 9.83. The van der Waals surface area contributed by atoms with Gasteiger partial charge in [-0.3, -0.25) is 4.79 Å². The Labute approximate surface area is 195 Å². The Kier molecular flexibility index (Phi) is 6.52. The van der Waals surface area contributed by atoms with Gasteiger partial charge in [0.25, 0.3) is 0 Å². The molecule has 0 saturated carbocycles. The molecule has 2 aromatic carbocycles. The number of carbonyl (C=O) groups is 1. The van der Waals surface area contributed by atoms with E-state index >= 15 is 0 Å². The first kappa shape index (κ1) is 23.1. The number of nitrogens with one attached hydrogen (secondary N) is 1. The van der Waals surface area contributed by atoms with Crippen molar-refractivity contribution in [3.63, 3.8) is 0 Å². The Bertz CT molecular complexity index is 1080. The van der Waals surface area contributed by atoms with E-state index in [2.05, 4.69) is 19.2 Å². The number of sulfonamides is 1. The summed E-state index contributed by atoms with van der Waals surface area (Å²) in [7, 11) is -3.79. The predicted molar refractivity (Wildman–Crippen MR) is 124 cm³/mol. The number of nitrogens with zero attached hydrogens (tertiary/aromatic N) is 1. The molecule has 32 heavy (non-hydrogen) atoms. The zero-order valence-electron chi connectivity index (χ0n) is 18.4. The second kappa shape index (κ2) is 9.04. The Morgan fingerprint density at radius 3 is 2.53 bits per heavy atom. The molecular weight excluding hydrogens is 448 g/mol. The van der Waals surface area contributed by atoms with E-state index in [1.165, 1.54) is 16.4 Å². The van der Waals surface area contributed by atoms with Gasteiger partial charge in [0, 0.05) is 23.6 Å². The summed E-state index contributed by atoms with van der Waals surface area (Å²) in [6.07, 6.45) is 3.44. The summed E-state index contributed by atoms with van der Waals surface area (Å²) in [4.78, 5) is 13.5. The normalized spacial score (nSPS) is 22.7. The molecule has 2 aromatic rings. The van der Waals surface area contributed by atoms with Gasteiger partial charge in [-0.15, -0.1) is 0 Å². The summed E-state index contributed by atoms with van der Waals surface area (Å²) >= 11 is 5.91. The van der Waals surface area contributed by atoms with Gasteiger partial charge in [-0.2, -0.15) is 4.31 Å². The quantitative estimate of drug-likeness (QED) is 0.656. The minimum Gasteiger partial charge on any atom is -0.487 e. The van der Waals surface area contributed by atoms with Crippen molar-refractivity contribution in [3.8, 4) is 5.75 Å². The number of ether oxygens (including phenoxy) is 1. The summed E-state index contributed by atoms with van der Waals surface area (Å²) in [6.45, 7) is 4.50. The molecular formula is C24H29ClN2O4S. The van der Waals surface area contributed by atoms with Gasteiger partial charge >= 0.3 is 0 Å². The van der Waals surface area contributed by atoms with Crippen LogP contribution in [0.5, 0.6) is 5.75 Å². The summed E-state index contributed by atoms with van der Waals surface area (Å²) in [5.41, 5.74) is 0.584. The number of rotatable bonds is 6. The number of hydrogen-bond acceptors (Lipinski definition) is 4. The van der Waals surface area contributed by atoms with E-state index in [1.807, 2.05) is 24.3 Å². The lowest BCUT2D eigenvalue weighted by molar-refractivity contribution is -0.125. The smallest absolute Gasteiger partial charge is 0.243 e. The first-order valence-corrected chi connectivity index (χ1v) is 13.0. The molecule has 2 atom stereocenters. The van der Waals surface area contributed by atoms with Crippen molar-refractivity contribution in [2.24, 2.45) is 0 Å². The van der Waals surface area contributed by atoms with Crippen molar-refractivity contribution in [1.82, 2.24) is 9.62 Å². The van der Waals surface area contributed by atoms with Gasteiger partial charge in [-0.25, -0.2) is 8.42 Å². The molecule has 2 heterocycles. The maximum Gasteiger partial charge on any atom is 0.243 e. The minimum atomic E-state index is -3.79. The second-order valence-electron chi connectivity index (χ2n) is 8.52. The first-order chi connectivity index (χ1) is 15.3. The Balaban J connectivity index is 1.58. The number of benzene rings is 2. The average Bonchev–Trinajstić information content (AvgIpc) is 3.30. The van der Waals surface area contributed by atoms with Gasteiger partial charge in [-0.1, -0.05) is 43.6 Å². The van der Waals surface area contributed by atoms with Crippen LogP contribution in [0.4, 0.5) is 0 Å². The van der Waals surface area contributed by atoms with Gasteiger partial charge in [0.2, 0.25) is 15.9 Å². The van der Waals surface area contributed by atoms with Crippen LogP contribution in [0.25, 0.3) is 0 Å². The Hall–Kier alpha value is -2.09. The number of hydrogen-bond donors (Lipinski definition) is 1. The molecule has 2 aliphatic heterocycles. The van der Waals surface area contributed by atoms with Crippen molar-refractivity contribution >= 4 is 27.5 Å². The predicted octanol–water partition coefficient (Wildman–Crippen LogP) is 4.69. The molecule has 1 saturated heterocycles. The fraction of sp³-hybridized carbons (Fsp3) is 0.458. The number of halogens is 1. The third-order valence-electron chi connectivity index (χ3n) is 6.73. The summed E-state index contributed by atoms with van der Waals surface area (Å²) in [6, 6.07) is 12.9. The summed E-state index contributed by atoms with van der Waals surface area (Å²) in [5.74, 6) is 0.521. The maximum absolute atomic E-state index is 13.4. The fourth-order valence-corrected chi connectivity index (χ4v) is 6.51. The number of carbonyl (C=O) groups excluding carboxylic acids is 1. The first-order valence-electron chi connectivity index (χ1n) is 11.2. The van der Waals surface area contributed by atoms with E-state index in [4.69, 9.17) is 16.3 Å². The molecule has 0 spiro atoms. The Morgan fingerprint density at radius 2 is 1.84 bits per heavy atom. The minimum absolute atomic E-state index is 0.147. The van der Waals surface area contributed by atoms with Gasteiger partial charge in [-0.05, 0) is 56.0 Å². The van der Waals surface area contributed by atoms with E-state index in [-0.39, 0.29) is 22.4 Å². The standard InChI is InChI=1S/C24H29ClN2O4S/c1-3-24(4-2)16-20(19-8-5-6-10-22(19)31-24)26-23(28)21-9-7-15-27(21)32(29,30)18-13-11-17(25)12-14-18/h5-6,8,10-14,20-21H,3-4,7,9,15-16H2,1-2H3,(H,26,28)/t20-,21-/m0/s1. The molecule has 1 amide bonds. The molecule has 1 N–H and O–H groups in total. The van der Waals surface area contributed by atoms with E-state index in [0.29, 0.717) is 30.8 Å². The van der Waals surface area contributed by atoms with Crippen LogP contribution in [-0.2, 0) is 14.8 Å². The fourth-order valence-electron chi connectivity index (χ4n) is 4.73. The Morgan fingerprint density at radius 1 is 1.16 bits per heavy atom. The summed E-state index contributed by atoms with van der Waals surface area (Å²) in [5, 5.41) is 3.62. The molecule has 0 aromatic heterocycles. The van der Waals surface area contributed by atoms with Gasteiger partial charge in [0.05, 0.1) is 10.9 Å². The number of amides is 1. The monoisotopic (exact) mass is 476 g/mol. The zero-order chi connectivity index (χ0) is 22.9. The highest BCUT2D eigenvalue weighted by Crippen LogP contribution is 2.43. The average molecular weight is 477 g/mol. The van der Waals surface area contributed by atoms with Gasteiger partial charge in [0.1, 0.15) is 17.4 Å². The van der Waals surface area contributed by atoms with Crippen LogP contribution < -0.4 is 10.1 Å². The molecule has 0 aliphatic carbocycles. The highest BCUT2D eigenvalue weighted by atomic mass is 35.5. The van der Waals surface area contributed by atoms with Crippen LogP contribution >= 0.6 is 11.6 Å². The molecule has 8 heteroatoms. The zero-order valence-corrected chi connectivity index (χ0v) is 20.0. The maximum atomic E-state index is 13.4. The third-order valence-corrected chi connectivity index (χ3v) is 8.90. The number of para-hydroxylation sites is 1. The van der Waals surface area contributed by atoms with E-state index in [1.54, 1.807) is 12.1 Å². The molecule has 1 fully saturated rings. The van der Waals surface area contributed by atoms with Crippen LogP contribution in [0.15, 0.2) is 53.4 Å². The SMILES string of the molecule is CCC1(CC)C[C@H](NC(=O)[C@@H]2CCCN2S(=O)(=O)c2ccc(Cl)cc2)c2ccccc2O1. The van der Waals surface area contributed by atoms with Crippen molar-refractivity contribution in [3.05, 3.63) is 59.1 Å². The molecule has 0 radical (unpaired) electrons. The second-order valence-corrected chi connectivity index (χ2v) is 10.8. The van der Waals surface area contributed by atoms with Crippen LogP contribution in [0.2, 0.25) is 5.02 Å². The van der Waals surface area contributed by atoms with E-state index in [0.717, 1.165) is 24.2 Å². The van der Waals surface area contributed by atoms with Crippen molar-refractivity contribution < 1.29 is 17.9 Å². The van der Waals surface area contributed by atoms with Crippen LogP contribution in [0, 0.1) is 0 Å². The molecule has 0 unspecified atom stereocenters.